The standard InChI is InChI=1S/C13H25N3O.HI/c1-4-9(2)16-12(14)15-8-13(3)7-10-5-6-11(13)17-10;/h9-11H,4-8H2,1-3H3,(H3,14,15,16);1H. The van der Waals surface area contributed by atoms with Crippen molar-refractivity contribution in [3.05, 3.63) is 0 Å². The van der Waals surface area contributed by atoms with Crippen molar-refractivity contribution in [2.75, 3.05) is 6.54 Å². The lowest BCUT2D eigenvalue weighted by molar-refractivity contribution is 0.0706. The number of guanidine groups is 1. The van der Waals surface area contributed by atoms with Crippen LogP contribution in [0.3, 0.4) is 0 Å². The van der Waals surface area contributed by atoms with Gasteiger partial charge in [-0.05, 0) is 32.6 Å². The number of fused-ring (bicyclic) bond motifs is 2. The van der Waals surface area contributed by atoms with Gasteiger partial charge in [0.25, 0.3) is 0 Å². The number of rotatable bonds is 4. The lowest BCUT2D eigenvalue weighted by Crippen LogP contribution is -2.40. The van der Waals surface area contributed by atoms with Crippen LogP contribution in [0.25, 0.3) is 0 Å². The summed E-state index contributed by atoms with van der Waals surface area (Å²) in [6, 6.07) is 0.392. The molecule has 5 heteroatoms. The molecule has 0 aromatic carbocycles. The summed E-state index contributed by atoms with van der Waals surface area (Å²) in [5.74, 6) is 0.573. The Labute approximate surface area is 127 Å². The van der Waals surface area contributed by atoms with Crippen LogP contribution in [0.5, 0.6) is 0 Å². The monoisotopic (exact) mass is 367 g/mol. The van der Waals surface area contributed by atoms with Gasteiger partial charge in [-0.25, -0.2) is 0 Å². The fraction of sp³-hybridized carbons (Fsp3) is 0.923. The summed E-state index contributed by atoms with van der Waals surface area (Å²) in [4.78, 5) is 4.49. The van der Waals surface area contributed by atoms with E-state index in [1.807, 2.05) is 0 Å². The van der Waals surface area contributed by atoms with Crippen LogP contribution in [0.1, 0.15) is 46.5 Å². The zero-order chi connectivity index (χ0) is 12.5. The van der Waals surface area contributed by atoms with Gasteiger partial charge < -0.3 is 15.8 Å². The van der Waals surface area contributed by atoms with E-state index in [-0.39, 0.29) is 29.4 Å². The van der Waals surface area contributed by atoms with E-state index in [1.54, 1.807) is 0 Å². The van der Waals surface area contributed by atoms with E-state index >= 15 is 0 Å². The summed E-state index contributed by atoms with van der Waals surface area (Å²) in [5, 5.41) is 3.20. The van der Waals surface area contributed by atoms with Crippen molar-refractivity contribution in [3.63, 3.8) is 0 Å². The molecule has 2 heterocycles. The molecule has 0 spiro atoms. The predicted octanol–water partition coefficient (Wildman–Crippen LogP) is 2.26. The molecule has 4 nitrogen and oxygen atoms in total. The molecule has 4 atom stereocenters. The van der Waals surface area contributed by atoms with E-state index < -0.39 is 0 Å². The number of hydrogen-bond donors (Lipinski definition) is 2. The van der Waals surface area contributed by atoms with Gasteiger partial charge in [0.2, 0.25) is 0 Å². The van der Waals surface area contributed by atoms with Crippen molar-refractivity contribution >= 4 is 29.9 Å². The summed E-state index contributed by atoms with van der Waals surface area (Å²) in [5.41, 5.74) is 6.08. The van der Waals surface area contributed by atoms with Gasteiger partial charge in [-0.2, -0.15) is 0 Å². The molecule has 2 aliphatic rings. The normalized spacial score (nSPS) is 36.3. The van der Waals surface area contributed by atoms with Crippen LogP contribution in [0.15, 0.2) is 4.99 Å². The molecule has 106 valence electrons. The van der Waals surface area contributed by atoms with Gasteiger partial charge in [-0.15, -0.1) is 24.0 Å². The molecule has 2 fully saturated rings. The van der Waals surface area contributed by atoms with Gasteiger partial charge in [-0.1, -0.05) is 13.8 Å². The molecule has 4 unspecified atom stereocenters. The lowest BCUT2D eigenvalue weighted by atomic mass is 9.76. The highest BCUT2D eigenvalue weighted by molar-refractivity contribution is 14.0. The van der Waals surface area contributed by atoms with E-state index in [4.69, 9.17) is 10.5 Å². The van der Waals surface area contributed by atoms with Gasteiger partial charge in [0.15, 0.2) is 5.96 Å². The van der Waals surface area contributed by atoms with Gasteiger partial charge in [0, 0.05) is 11.5 Å². The minimum atomic E-state index is 0. The molecule has 0 aliphatic carbocycles. The molecule has 0 aromatic heterocycles. The van der Waals surface area contributed by atoms with Crippen molar-refractivity contribution < 1.29 is 4.74 Å². The Balaban J connectivity index is 0.00000162. The first-order chi connectivity index (χ1) is 8.03. The molecule has 2 saturated heterocycles. The smallest absolute Gasteiger partial charge is 0.188 e. The molecule has 0 amide bonds. The second-order valence-corrected chi connectivity index (χ2v) is 5.84. The predicted molar refractivity (Wildman–Crippen MR) is 85.4 cm³/mol. The Bertz CT molecular complexity index is 311. The second kappa shape index (κ2) is 6.41. The Morgan fingerprint density at radius 1 is 1.56 bits per heavy atom. The zero-order valence-electron chi connectivity index (χ0n) is 11.6. The zero-order valence-corrected chi connectivity index (χ0v) is 13.9. The first kappa shape index (κ1) is 16.0. The maximum atomic E-state index is 5.89. The highest BCUT2D eigenvalue weighted by Crippen LogP contribution is 2.47. The van der Waals surface area contributed by atoms with Crippen LogP contribution in [-0.4, -0.2) is 30.8 Å². The summed E-state index contributed by atoms with van der Waals surface area (Å²) in [6.45, 7) is 7.31. The molecule has 18 heavy (non-hydrogen) atoms. The van der Waals surface area contributed by atoms with Crippen molar-refractivity contribution in [3.8, 4) is 0 Å². The van der Waals surface area contributed by atoms with Gasteiger partial charge >= 0.3 is 0 Å². The Kier molecular flexibility index (Phi) is 5.70. The van der Waals surface area contributed by atoms with E-state index in [9.17, 15) is 0 Å². The van der Waals surface area contributed by atoms with Crippen LogP contribution in [-0.2, 0) is 4.74 Å². The minimum absolute atomic E-state index is 0. The summed E-state index contributed by atoms with van der Waals surface area (Å²) >= 11 is 0. The number of ether oxygens (including phenoxy) is 1. The summed E-state index contributed by atoms with van der Waals surface area (Å²) in [6.07, 6.45) is 5.48. The number of nitrogens with one attached hydrogen (secondary N) is 1. The quantitative estimate of drug-likeness (QED) is 0.455. The lowest BCUT2D eigenvalue weighted by Gasteiger charge is -2.29. The van der Waals surface area contributed by atoms with Crippen molar-refractivity contribution in [1.29, 1.82) is 0 Å². The fourth-order valence-electron chi connectivity index (χ4n) is 2.85. The SMILES string of the molecule is CCC(C)NC(N)=NCC1(C)CC2CCC1O2.I. The molecule has 3 N–H and O–H groups in total. The van der Waals surface area contributed by atoms with Crippen LogP contribution in [0.2, 0.25) is 0 Å². The largest absolute Gasteiger partial charge is 0.374 e. The molecule has 0 radical (unpaired) electrons. The molecular formula is C13H26IN3O. The van der Waals surface area contributed by atoms with Crippen LogP contribution in [0.4, 0.5) is 0 Å². The molecule has 2 rings (SSSR count). The maximum absolute atomic E-state index is 5.89. The highest BCUT2D eigenvalue weighted by Gasteiger charge is 2.49. The third-order valence-electron chi connectivity index (χ3n) is 4.20. The summed E-state index contributed by atoms with van der Waals surface area (Å²) < 4.78 is 5.89. The number of nitrogens with zero attached hydrogens (tertiary/aromatic N) is 1. The molecule has 2 aliphatic heterocycles. The fourth-order valence-corrected chi connectivity index (χ4v) is 2.85. The molecule has 0 saturated carbocycles. The van der Waals surface area contributed by atoms with Gasteiger partial charge in [0.1, 0.15) is 0 Å². The number of hydrogen-bond acceptors (Lipinski definition) is 2. The highest BCUT2D eigenvalue weighted by atomic mass is 127. The van der Waals surface area contributed by atoms with E-state index in [0.717, 1.165) is 19.4 Å². The average Bonchev–Trinajstić information content (AvgIpc) is 2.86. The number of nitrogens with two attached hydrogens (primary N) is 1. The number of halogens is 1. The van der Waals surface area contributed by atoms with Crippen molar-refractivity contribution in [2.24, 2.45) is 16.1 Å². The van der Waals surface area contributed by atoms with E-state index in [0.29, 0.717) is 24.2 Å². The van der Waals surface area contributed by atoms with Gasteiger partial charge in [0.05, 0.1) is 18.8 Å². The van der Waals surface area contributed by atoms with E-state index in [1.165, 1.54) is 12.8 Å². The second-order valence-electron chi connectivity index (χ2n) is 5.84. The first-order valence-corrected chi connectivity index (χ1v) is 6.75. The topological polar surface area (TPSA) is 59.6 Å². The number of aliphatic imine (C=N–C) groups is 1. The van der Waals surface area contributed by atoms with Crippen molar-refractivity contribution in [2.45, 2.75) is 64.7 Å². The first-order valence-electron chi connectivity index (χ1n) is 6.75. The van der Waals surface area contributed by atoms with Crippen LogP contribution < -0.4 is 11.1 Å². The van der Waals surface area contributed by atoms with Crippen LogP contribution >= 0.6 is 24.0 Å². The van der Waals surface area contributed by atoms with Crippen molar-refractivity contribution in [1.82, 2.24) is 5.32 Å². The molecule has 2 bridgehead atoms. The average molecular weight is 367 g/mol. The third kappa shape index (κ3) is 3.50. The minimum Gasteiger partial charge on any atom is -0.374 e. The Morgan fingerprint density at radius 3 is 2.78 bits per heavy atom. The van der Waals surface area contributed by atoms with Crippen LogP contribution in [0, 0.1) is 5.41 Å². The Hall–Kier alpha value is -0.0400. The van der Waals surface area contributed by atoms with E-state index in [2.05, 4.69) is 31.1 Å². The van der Waals surface area contributed by atoms with Gasteiger partial charge in [-0.3, -0.25) is 4.99 Å². The molecule has 0 aromatic rings. The third-order valence-corrected chi connectivity index (χ3v) is 4.20. The Morgan fingerprint density at radius 2 is 2.28 bits per heavy atom. The maximum Gasteiger partial charge on any atom is 0.188 e. The summed E-state index contributed by atoms with van der Waals surface area (Å²) in [7, 11) is 0. The molecular weight excluding hydrogens is 341 g/mol.